The van der Waals surface area contributed by atoms with Gasteiger partial charge < -0.3 is 9.53 Å². The lowest BCUT2D eigenvalue weighted by molar-refractivity contribution is -0.383. The predicted octanol–water partition coefficient (Wildman–Crippen LogP) is 6.49. The maximum atomic E-state index is 11.3. The highest BCUT2D eigenvalue weighted by atomic mass is 32.1. The lowest BCUT2D eigenvalue weighted by atomic mass is 10.1. The first-order valence-corrected chi connectivity index (χ1v) is 14.5. The maximum Gasteiger partial charge on any atom is 0.409 e. The highest BCUT2D eigenvalue weighted by Gasteiger charge is 2.50. The average molecular weight is 533 g/mol. The Hall–Kier alpha value is -3.79. The van der Waals surface area contributed by atoms with Gasteiger partial charge in [-0.15, -0.1) is 11.3 Å². The molecule has 0 unspecified atom stereocenters. The van der Waals surface area contributed by atoms with Crippen LogP contribution >= 0.6 is 11.3 Å². The van der Waals surface area contributed by atoms with Crippen LogP contribution < -0.4 is 15.7 Å². The molecule has 1 heterocycles. The summed E-state index contributed by atoms with van der Waals surface area (Å²) in [6.07, 6.45) is -1.36. The Morgan fingerprint density at radius 2 is 1.57 bits per heavy atom. The molecule has 2 N–H and O–H groups in total. The van der Waals surface area contributed by atoms with Crippen molar-refractivity contribution in [2.24, 2.45) is 0 Å². The highest BCUT2D eigenvalue weighted by molar-refractivity contribution is 7.15. The van der Waals surface area contributed by atoms with E-state index in [2.05, 4.69) is 74.6 Å². The summed E-state index contributed by atoms with van der Waals surface area (Å²) in [6, 6.07) is 29.2. The van der Waals surface area contributed by atoms with E-state index in [1.54, 1.807) is 6.07 Å². The van der Waals surface area contributed by atoms with E-state index < -0.39 is 19.3 Å². The third-order valence-corrected chi connectivity index (χ3v) is 12.3. The summed E-state index contributed by atoms with van der Waals surface area (Å²) in [4.78, 5) is 23.7. The summed E-state index contributed by atoms with van der Waals surface area (Å²) in [5.41, 5.74) is 0.336. The lowest BCUT2D eigenvalue weighted by Gasteiger charge is -2.43. The zero-order chi connectivity index (χ0) is 26.6. The number of carboxylic acid groups (broad SMARTS) is 1. The van der Waals surface area contributed by atoms with Gasteiger partial charge in [-0.2, -0.15) is 0 Å². The van der Waals surface area contributed by atoms with Gasteiger partial charge in [0.05, 0.1) is 11.5 Å². The fourth-order valence-electron chi connectivity index (χ4n) is 4.62. The Morgan fingerprint density at radius 1 is 0.973 bits per heavy atom. The minimum absolute atomic E-state index is 0.0616. The molecule has 0 fully saturated rings. The monoisotopic (exact) mass is 532 g/mol. The van der Waals surface area contributed by atoms with E-state index >= 15 is 0 Å². The fraction of sp³-hybridized carbons (Fsp3) is 0.179. The first-order chi connectivity index (χ1) is 17.6. The summed E-state index contributed by atoms with van der Waals surface area (Å²) in [5.74, 6) is 0. The van der Waals surface area contributed by atoms with Crippen molar-refractivity contribution in [2.45, 2.75) is 32.4 Å². The van der Waals surface area contributed by atoms with Crippen molar-refractivity contribution in [3.8, 4) is 10.4 Å². The van der Waals surface area contributed by atoms with Crippen molar-refractivity contribution >= 4 is 47.5 Å². The molecule has 0 aliphatic rings. The van der Waals surface area contributed by atoms with Crippen LogP contribution in [0.3, 0.4) is 0 Å². The minimum Gasteiger partial charge on any atom is -0.465 e. The molecule has 0 radical (unpaired) electrons. The summed E-state index contributed by atoms with van der Waals surface area (Å²) in [5, 5.41) is 24.8. The zero-order valence-electron chi connectivity index (χ0n) is 20.8. The molecule has 0 saturated heterocycles. The Morgan fingerprint density at radius 3 is 2.08 bits per heavy atom. The van der Waals surface area contributed by atoms with Crippen LogP contribution in [0.2, 0.25) is 5.04 Å². The van der Waals surface area contributed by atoms with Gasteiger partial charge in [-0.3, -0.25) is 15.4 Å². The molecule has 4 aromatic rings. The van der Waals surface area contributed by atoms with Crippen molar-refractivity contribution < 1.29 is 19.3 Å². The number of thiophene rings is 1. The second-order valence-electron chi connectivity index (χ2n) is 9.64. The van der Waals surface area contributed by atoms with Gasteiger partial charge >= 0.3 is 6.09 Å². The number of anilines is 1. The van der Waals surface area contributed by atoms with Crippen LogP contribution in [-0.4, -0.2) is 24.4 Å². The first kappa shape index (κ1) is 26.3. The van der Waals surface area contributed by atoms with Crippen LogP contribution in [0.5, 0.6) is 0 Å². The number of nitrogens with one attached hydrogen (secondary N) is 1. The summed E-state index contributed by atoms with van der Waals surface area (Å²) in [7, 11) is -2.69. The molecule has 1 aromatic heterocycles. The molecule has 0 spiro atoms. The van der Waals surface area contributed by atoms with Gasteiger partial charge in [-0.25, -0.2) is 4.79 Å². The summed E-state index contributed by atoms with van der Waals surface area (Å²) >= 11 is 1.52. The molecule has 4 rings (SSSR count). The number of hydrogen-bond donors (Lipinski definition) is 2. The topological polar surface area (TPSA) is 102 Å². The van der Waals surface area contributed by atoms with Crippen LogP contribution in [0.1, 0.15) is 25.6 Å². The van der Waals surface area contributed by atoms with Gasteiger partial charge in [0.15, 0.2) is 0 Å². The van der Waals surface area contributed by atoms with E-state index in [-0.39, 0.29) is 16.4 Å². The van der Waals surface area contributed by atoms with Crippen molar-refractivity contribution in [2.75, 3.05) is 5.32 Å². The average Bonchev–Trinajstić information content (AvgIpc) is 3.33. The van der Waals surface area contributed by atoms with E-state index in [0.29, 0.717) is 12.2 Å². The van der Waals surface area contributed by atoms with Gasteiger partial charge in [0.1, 0.15) is 5.69 Å². The smallest absolute Gasteiger partial charge is 0.409 e. The molecule has 0 atom stereocenters. The van der Waals surface area contributed by atoms with Gasteiger partial charge in [0, 0.05) is 15.8 Å². The van der Waals surface area contributed by atoms with E-state index in [1.165, 1.54) is 33.8 Å². The number of nitro groups is 1. The second-order valence-corrected chi connectivity index (χ2v) is 15.1. The summed E-state index contributed by atoms with van der Waals surface area (Å²) in [6.45, 7) is 7.10. The van der Waals surface area contributed by atoms with Crippen molar-refractivity contribution in [3.63, 3.8) is 0 Å². The number of hydrogen-bond acceptors (Lipinski definition) is 5. The number of benzene rings is 3. The van der Waals surface area contributed by atoms with Crippen LogP contribution in [-0.2, 0) is 11.0 Å². The third kappa shape index (κ3) is 5.48. The fourth-order valence-corrected chi connectivity index (χ4v) is 10.2. The Kier molecular flexibility index (Phi) is 7.58. The van der Waals surface area contributed by atoms with Gasteiger partial charge in [-0.05, 0) is 45.2 Å². The number of nitrogens with zero attached hydrogens (tertiary/aromatic N) is 1. The molecule has 0 aliphatic carbocycles. The van der Waals surface area contributed by atoms with Gasteiger partial charge in [0.2, 0.25) is 0 Å². The van der Waals surface area contributed by atoms with Crippen molar-refractivity contribution in [3.05, 3.63) is 106 Å². The molecule has 37 heavy (non-hydrogen) atoms. The van der Waals surface area contributed by atoms with Crippen LogP contribution in [0.4, 0.5) is 16.2 Å². The number of carbonyl (C=O) groups is 1. The Balaban J connectivity index is 1.68. The number of nitro benzene ring substituents is 1. The highest BCUT2D eigenvalue weighted by Crippen LogP contribution is 2.39. The van der Waals surface area contributed by atoms with Crippen LogP contribution in [0, 0.1) is 10.1 Å². The minimum atomic E-state index is -2.69. The second kappa shape index (κ2) is 10.7. The maximum absolute atomic E-state index is 11.3. The third-order valence-electron chi connectivity index (χ3n) is 6.23. The molecule has 3 aromatic carbocycles. The Labute approximate surface area is 220 Å². The molecule has 0 saturated carbocycles. The van der Waals surface area contributed by atoms with E-state index in [0.717, 1.165) is 9.75 Å². The lowest BCUT2D eigenvalue weighted by Crippen LogP contribution is -2.66. The van der Waals surface area contributed by atoms with Crippen molar-refractivity contribution in [1.82, 2.24) is 0 Å². The zero-order valence-corrected chi connectivity index (χ0v) is 22.6. The molecule has 9 heteroatoms. The summed E-state index contributed by atoms with van der Waals surface area (Å²) < 4.78 is 7.00. The molecule has 1 amide bonds. The standard InChI is InChI=1S/C28H28N2O5SSi/c1-28(2,3)37(22-10-6-4-7-11-22,23-12-8-5-9-13-23)35-19-21-15-17-26(36-21)20-14-16-25(30(33)34)24(18-20)29-27(31)32/h4-18,29H,19H2,1-3H3,(H,31,32). The first-order valence-electron chi connectivity index (χ1n) is 11.7. The quantitative estimate of drug-likeness (QED) is 0.153. The molecule has 0 bridgehead atoms. The van der Waals surface area contributed by atoms with E-state index in [4.69, 9.17) is 9.53 Å². The molecule has 7 nitrogen and oxygen atoms in total. The van der Waals surface area contributed by atoms with Crippen LogP contribution in [0.15, 0.2) is 91.0 Å². The van der Waals surface area contributed by atoms with E-state index in [1.807, 2.05) is 24.3 Å². The number of rotatable bonds is 8. The largest absolute Gasteiger partial charge is 0.465 e. The SMILES string of the molecule is CC(C)(C)[Si](OCc1ccc(-c2ccc([N+](=O)[O-])c(NC(=O)O)c2)s1)(c1ccccc1)c1ccccc1. The van der Waals surface area contributed by atoms with Gasteiger partial charge in [-0.1, -0.05) is 81.4 Å². The predicted molar refractivity (Wildman–Crippen MR) is 150 cm³/mol. The molecule has 0 aliphatic heterocycles. The molecular weight excluding hydrogens is 504 g/mol. The molecule has 190 valence electrons. The van der Waals surface area contributed by atoms with Gasteiger partial charge in [0.25, 0.3) is 14.0 Å². The normalized spacial score (nSPS) is 11.8. The Bertz CT molecular complexity index is 1360. The molecular formula is C28H28N2O5SSi. The van der Waals surface area contributed by atoms with Crippen molar-refractivity contribution in [1.29, 1.82) is 0 Å². The van der Waals surface area contributed by atoms with E-state index in [9.17, 15) is 14.9 Å². The van der Waals surface area contributed by atoms with Crippen LogP contribution in [0.25, 0.3) is 10.4 Å². The number of amides is 1.